The van der Waals surface area contributed by atoms with Crippen LogP contribution in [0.5, 0.6) is 0 Å². The summed E-state index contributed by atoms with van der Waals surface area (Å²) in [6, 6.07) is 4.72. The number of aryl methyl sites for hydroxylation is 1. The van der Waals surface area contributed by atoms with E-state index in [4.69, 9.17) is 0 Å². The molecule has 0 amide bonds. The van der Waals surface area contributed by atoms with Gasteiger partial charge in [0.1, 0.15) is 5.82 Å². The van der Waals surface area contributed by atoms with Gasteiger partial charge in [0, 0.05) is 12.2 Å². The Morgan fingerprint density at radius 2 is 2.06 bits per heavy atom. The summed E-state index contributed by atoms with van der Waals surface area (Å²) in [5, 5.41) is 3.59. The van der Waals surface area contributed by atoms with Crippen molar-refractivity contribution in [3.8, 4) is 0 Å². The number of pyridine rings is 1. The molecule has 2 heteroatoms. The van der Waals surface area contributed by atoms with Crippen LogP contribution >= 0.6 is 0 Å². The van der Waals surface area contributed by atoms with Gasteiger partial charge in [0.2, 0.25) is 0 Å². The Morgan fingerprint density at radius 1 is 1.25 bits per heavy atom. The largest absolute Gasteiger partial charge is 0.367 e. The first kappa shape index (κ1) is 11.4. The van der Waals surface area contributed by atoms with Crippen molar-refractivity contribution in [3.63, 3.8) is 0 Å². The van der Waals surface area contributed by atoms with Crippen molar-refractivity contribution in [2.75, 3.05) is 5.32 Å². The van der Waals surface area contributed by atoms with Crippen molar-refractivity contribution in [1.29, 1.82) is 0 Å². The van der Waals surface area contributed by atoms with E-state index in [0.717, 1.165) is 17.7 Å². The van der Waals surface area contributed by atoms with Crippen molar-refractivity contribution < 1.29 is 0 Å². The van der Waals surface area contributed by atoms with Crippen molar-refractivity contribution in [2.45, 2.75) is 46.1 Å². The maximum atomic E-state index is 4.41. The van der Waals surface area contributed by atoms with Crippen molar-refractivity contribution >= 4 is 5.82 Å². The van der Waals surface area contributed by atoms with Gasteiger partial charge in [-0.05, 0) is 49.7 Å². The zero-order valence-electron chi connectivity index (χ0n) is 10.5. The summed E-state index contributed by atoms with van der Waals surface area (Å²) in [5.74, 6) is 2.77. The first-order valence-electron chi connectivity index (χ1n) is 6.35. The Morgan fingerprint density at radius 3 is 2.75 bits per heavy atom. The summed E-state index contributed by atoms with van der Waals surface area (Å²) in [7, 11) is 0. The number of nitrogens with zero attached hydrogens (tertiary/aromatic N) is 1. The minimum Gasteiger partial charge on any atom is -0.367 e. The second kappa shape index (κ2) is 4.86. The molecule has 1 aliphatic carbocycles. The van der Waals surface area contributed by atoms with Crippen LogP contribution < -0.4 is 5.32 Å². The van der Waals surface area contributed by atoms with Crippen LogP contribution in [-0.4, -0.2) is 11.0 Å². The molecule has 2 nitrogen and oxygen atoms in total. The Bertz CT molecular complexity index is 348. The van der Waals surface area contributed by atoms with E-state index in [9.17, 15) is 0 Å². The van der Waals surface area contributed by atoms with Gasteiger partial charge in [-0.25, -0.2) is 4.98 Å². The van der Waals surface area contributed by atoms with E-state index < -0.39 is 0 Å². The third-order valence-electron chi connectivity index (χ3n) is 3.95. The second-order valence-electron chi connectivity index (χ2n) is 5.28. The zero-order chi connectivity index (χ0) is 11.5. The van der Waals surface area contributed by atoms with Crippen LogP contribution in [0.4, 0.5) is 5.82 Å². The van der Waals surface area contributed by atoms with Crippen LogP contribution in [0.3, 0.4) is 0 Å². The molecule has 16 heavy (non-hydrogen) atoms. The van der Waals surface area contributed by atoms with Gasteiger partial charge in [0.25, 0.3) is 0 Å². The average Bonchev–Trinajstić information content (AvgIpc) is 2.27. The molecule has 0 spiro atoms. The smallest absolute Gasteiger partial charge is 0.129 e. The zero-order valence-corrected chi connectivity index (χ0v) is 10.5. The number of rotatable bonds is 2. The van der Waals surface area contributed by atoms with Gasteiger partial charge in [0.05, 0.1) is 0 Å². The minimum absolute atomic E-state index is 0.611. The molecule has 0 radical (unpaired) electrons. The number of nitrogens with one attached hydrogen (secondary N) is 1. The number of hydrogen-bond acceptors (Lipinski definition) is 2. The van der Waals surface area contributed by atoms with Crippen LogP contribution in [0.15, 0.2) is 18.3 Å². The van der Waals surface area contributed by atoms with Crippen molar-refractivity contribution in [1.82, 2.24) is 4.98 Å². The molecule has 1 aromatic heterocycles. The lowest BCUT2D eigenvalue weighted by molar-refractivity contribution is 0.260. The van der Waals surface area contributed by atoms with Gasteiger partial charge in [-0.3, -0.25) is 0 Å². The Kier molecular flexibility index (Phi) is 3.47. The van der Waals surface area contributed by atoms with E-state index in [2.05, 4.69) is 37.1 Å². The van der Waals surface area contributed by atoms with Crippen molar-refractivity contribution in [2.24, 2.45) is 11.8 Å². The summed E-state index contributed by atoms with van der Waals surface area (Å²) in [6.07, 6.45) is 5.76. The normalized spacial score (nSPS) is 30.1. The highest BCUT2D eigenvalue weighted by Crippen LogP contribution is 2.31. The maximum absolute atomic E-state index is 4.41. The highest BCUT2D eigenvalue weighted by Gasteiger charge is 2.24. The highest BCUT2D eigenvalue weighted by atomic mass is 15.0. The monoisotopic (exact) mass is 218 g/mol. The van der Waals surface area contributed by atoms with E-state index >= 15 is 0 Å². The molecule has 3 atom stereocenters. The average molecular weight is 218 g/mol. The minimum atomic E-state index is 0.611. The summed E-state index contributed by atoms with van der Waals surface area (Å²) in [5.41, 5.74) is 1.24. The fourth-order valence-corrected chi connectivity index (χ4v) is 2.51. The molecule has 1 saturated carbocycles. The van der Waals surface area contributed by atoms with E-state index in [0.29, 0.717) is 6.04 Å². The first-order valence-corrected chi connectivity index (χ1v) is 6.35. The lowest BCUT2D eigenvalue weighted by atomic mass is 9.79. The SMILES string of the molecule is Cc1cccnc1NC1CCC(C)C(C)C1. The molecule has 1 fully saturated rings. The molecule has 2 rings (SSSR count). The third-order valence-corrected chi connectivity index (χ3v) is 3.95. The van der Waals surface area contributed by atoms with Crippen LogP contribution in [0.2, 0.25) is 0 Å². The number of anilines is 1. The van der Waals surface area contributed by atoms with Gasteiger partial charge in [0.15, 0.2) is 0 Å². The van der Waals surface area contributed by atoms with Gasteiger partial charge in [-0.1, -0.05) is 19.9 Å². The molecular weight excluding hydrogens is 196 g/mol. The van der Waals surface area contributed by atoms with Crippen LogP contribution in [0, 0.1) is 18.8 Å². The molecule has 0 bridgehead atoms. The lowest BCUT2D eigenvalue weighted by Gasteiger charge is -2.33. The summed E-state index contributed by atoms with van der Waals surface area (Å²) >= 11 is 0. The van der Waals surface area contributed by atoms with Gasteiger partial charge >= 0.3 is 0 Å². The summed E-state index contributed by atoms with van der Waals surface area (Å²) < 4.78 is 0. The molecular formula is C14H22N2. The van der Waals surface area contributed by atoms with Crippen molar-refractivity contribution in [3.05, 3.63) is 23.9 Å². The van der Waals surface area contributed by atoms with E-state index in [1.54, 1.807) is 0 Å². The Hall–Kier alpha value is -1.05. The molecule has 1 N–H and O–H groups in total. The number of hydrogen-bond donors (Lipinski definition) is 1. The van der Waals surface area contributed by atoms with Crippen LogP contribution in [0.1, 0.15) is 38.7 Å². The third kappa shape index (κ3) is 2.55. The van der Waals surface area contributed by atoms with Crippen LogP contribution in [0.25, 0.3) is 0 Å². The van der Waals surface area contributed by atoms with E-state index in [1.807, 2.05) is 12.3 Å². The van der Waals surface area contributed by atoms with Gasteiger partial charge in [-0.2, -0.15) is 0 Å². The Labute approximate surface area is 98.5 Å². The molecule has 3 unspecified atom stereocenters. The summed E-state index contributed by atoms with van der Waals surface area (Å²) in [6.45, 7) is 6.85. The molecule has 1 aliphatic rings. The first-order chi connectivity index (χ1) is 7.66. The van der Waals surface area contributed by atoms with Crippen LogP contribution in [-0.2, 0) is 0 Å². The van der Waals surface area contributed by atoms with E-state index in [1.165, 1.54) is 24.8 Å². The molecule has 1 aromatic rings. The molecule has 1 heterocycles. The highest BCUT2D eigenvalue weighted by molar-refractivity contribution is 5.43. The summed E-state index contributed by atoms with van der Waals surface area (Å²) in [4.78, 5) is 4.41. The number of aromatic nitrogens is 1. The Balaban J connectivity index is 1.98. The van der Waals surface area contributed by atoms with E-state index in [-0.39, 0.29) is 0 Å². The molecule has 0 aliphatic heterocycles. The quantitative estimate of drug-likeness (QED) is 0.820. The maximum Gasteiger partial charge on any atom is 0.129 e. The second-order valence-corrected chi connectivity index (χ2v) is 5.28. The van der Waals surface area contributed by atoms with Gasteiger partial charge in [-0.15, -0.1) is 0 Å². The van der Waals surface area contributed by atoms with Gasteiger partial charge < -0.3 is 5.32 Å². The fourth-order valence-electron chi connectivity index (χ4n) is 2.51. The fraction of sp³-hybridized carbons (Fsp3) is 0.643. The molecule has 0 aromatic carbocycles. The standard InChI is InChI=1S/C14H22N2/c1-10-6-7-13(9-12(10)3)16-14-11(2)5-4-8-15-14/h4-5,8,10,12-13H,6-7,9H2,1-3H3,(H,15,16). The molecule has 0 saturated heterocycles. The molecule has 88 valence electrons. The topological polar surface area (TPSA) is 24.9 Å². The lowest BCUT2D eigenvalue weighted by Crippen LogP contribution is -2.30. The predicted octanol–water partition coefficient (Wildman–Crippen LogP) is 3.63. The predicted molar refractivity (Wildman–Crippen MR) is 68.6 cm³/mol.